The van der Waals surface area contributed by atoms with E-state index in [1.54, 1.807) is 17.8 Å². The Labute approximate surface area is 129 Å². The first-order valence-electron chi connectivity index (χ1n) is 7.26. The highest BCUT2D eigenvalue weighted by Crippen LogP contribution is 2.20. The number of hydrogen-bond acceptors (Lipinski definition) is 3. The second kappa shape index (κ2) is 7.61. The molecule has 2 atom stereocenters. The van der Waals surface area contributed by atoms with Gasteiger partial charge in [-0.25, -0.2) is 4.39 Å². The van der Waals surface area contributed by atoms with Crippen molar-refractivity contribution < 1.29 is 4.39 Å². The Hall–Kier alpha value is -1.33. The highest BCUT2D eigenvalue weighted by atomic mass is 32.2. The summed E-state index contributed by atoms with van der Waals surface area (Å²) in [6.07, 6.45) is 3.81. The third-order valence-corrected chi connectivity index (χ3v) is 4.62. The largest absolute Gasteiger partial charge is 0.327 e. The van der Waals surface area contributed by atoms with Gasteiger partial charge in [-0.1, -0.05) is 13.0 Å². The van der Waals surface area contributed by atoms with Crippen molar-refractivity contribution in [3.8, 4) is 0 Å². The van der Waals surface area contributed by atoms with Crippen LogP contribution in [0.25, 0.3) is 0 Å². The SMILES string of the molecule is CCC(C)n1ccc(CC(N)CSc2cccc(F)c2)n1. The minimum Gasteiger partial charge on any atom is -0.327 e. The zero-order valence-electron chi connectivity index (χ0n) is 12.5. The molecule has 2 unspecified atom stereocenters. The van der Waals surface area contributed by atoms with Crippen molar-refractivity contribution in [2.45, 2.75) is 43.7 Å². The zero-order chi connectivity index (χ0) is 15.2. The van der Waals surface area contributed by atoms with Crippen LogP contribution in [0.1, 0.15) is 32.0 Å². The number of halogens is 1. The topological polar surface area (TPSA) is 43.8 Å². The molecular formula is C16H22FN3S. The van der Waals surface area contributed by atoms with Gasteiger partial charge in [0, 0.05) is 35.3 Å². The quantitative estimate of drug-likeness (QED) is 0.794. The van der Waals surface area contributed by atoms with Crippen molar-refractivity contribution >= 4 is 11.8 Å². The molecule has 0 fully saturated rings. The fourth-order valence-corrected chi connectivity index (χ4v) is 2.90. The van der Waals surface area contributed by atoms with E-state index in [1.165, 1.54) is 12.1 Å². The van der Waals surface area contributed by atoms with Gasteiger partial charge in [0.25, 0.3) is 0 Å². The number of aromatic nitrogens is 2. The monoisotopic (exact) mass is 307 g/mol. The summed E-state index contributed by atoms with van der Waals surface area (Å²) in [5.74, 6) is 0.542. The Kier molecular flexibility index (Phi) is 5.82. The predicted octanol–water partition coefficient (Wildman–Crippen LogP) is 3.66. The van der Waals surface area contributed by atoms with Crippen LogP contribution in [-0.2, 0) is 6.42 Å². The molecule has 2 rings (SSSR count). The number of thioether (sulfide) groups is 1. The molecule has 0 aliphatic rings. The standard InChI is InChI=1S/C16H22FN3S/c1-3-12(2)20-8-7-15(19-20)10-14(18)11-21-16-6-4-5-13(17)9-16/h4-9,12,14H,3,10-11,18H2,1-2H3. The van der Waals surface area contributed by atoms with Crippen LogP contribution >= 0.6 is 11.8 Å². The molecule has 1 aromatic carbocycles. The molecule has 0 radical (unpaired) electrons. The lowest BCUT2D eigenvalue weighted by Gasteiger charge is -2.11. The van der Waals surface area contributed by atoms with Crippen LogP contribution in [0.2, 0.25) is 0 Å². The molecule has 3 nitrogen and oxygen atoms in total. The van der Waals surface area contributed by atoms with E-state index >= 15 is 0 Å². The molecule has 0 bridgehead atoms. The Morgan fingerprint density at radius 2 is 2.19 bits per heavy atom. The van der Waals surface area contributed by atoms with Gasteiger partial charge < -0.3 is 5.73 Å². The summed E-state index contributed by atoms with van der Waals surface area (Å²) in [5, 5.41) is 4.56. The molecule has 0 saturated heterocycles. The lowest BCUT2D eigenvalue weighted by molar-refractivity contribution is 0.472. The number of rotatable bonds is 7. The second-order valence-corrected chi connectivity index (χ2v) is 6.37. The zero-order valence-corrected chi connectivity index (χ0v) is 13.3. The first-order chi connectivity index (χ1) is 10.1. The minimum atomic E-state index is -0.208. The molecule has 21 heavy (non-hydrogen) atoms. The summed E-state index contributed by atoms with van der Waals surface area (Å²) in [7, 11) is 0. The molecular weight excluding hydrogens is 285 g/mol. The van der Waals surface area contributed by atoms with Crippen molar-refractivity contribution in [1.82, 2.24) is 9.78 Å². The fourth-order valence-electron chi connectivity index (χ4n) is 2.01. The van der Waals surface area contributed by atoms with Crippen LogP contribution in [0.15, 0.2) is 41.4 Å². The molecule has 0 amide bonds. The fraction of sp³-hybridized carbons (Fsp3) is 0.438. The van der Waals surface area contributed by atoms with Gasteiger partial charge in [0.1, 0.15) is 5.82 Å². The van der Waals surface area contributed by atoms with Crippen LogP contribution in [-0.4, -0.2) is 21.6 Å². The van der Waals surface area contributed by atoms with Gasteiger partial charge in [0.05, 0.1) is 5.69 Å². The van der Waals surface area contributed by atoms with Crippen molar-refractivity contribution in [3.05, 3.63) is 48.0 Å². The van der Waals surface area contributed by atoms with Crippen molar-refractivity contribution in [3.63, 3.8) is 0 Å². The third-order valence-electron chi connectivity index (χ3n) is 3.44. The third kappa shape index (κ3) is 4.86. The molecule has 5 heteroatoms. The van der Waals surface area contributed by atoms with E-state index in [2.05, 4.69) is 18.9 Å². The van der Waals surface area contributed by atoms with Gasteiger partial charge in [0.15, 0.2) is 0 Å². The average molecular weight is 307 g/mol. The molecule has 1 aromatic heterocycles. The van der Waals surface area contributed by atoms with Crippen LogP contribution in [0.5, 0.6) is 0 Å². The maximum atomic E-state index is 13.1. The maximum absolute atomic E-state index is 13.1. The van der Waals surface area contributed by atoms with E-state index in [1.807, 2.05) is 23.0 Å². The van der Waals surface area contributed by atoms with Crippen LogP contribution in [0, 0.1) is 5.82 Å². The van der Waals surface area contributed by atoms with Gasteiger partial charge in [-0.15, -0.1) is 11.8 Å². The van der Waals surface area contributed by atoms with Gasteiger partial charge >= 0.3 is 0 Å². The molecule has 2 aromatic rings. The number of nitrogens with two attached hydrogens (primary N) is 1. The summed E-state index contributed by atoms with van der Waals surface area (Å²) in [5.41, 5.74) is 7.16. The number of nitrogens with zero attached hydrogens (tertiary/aromatic N) is 2. The van der Waals surface area contributed by atoms with Gasteiger partial charge in [-0.2, -0.15) is 5.10 Å². The molecule has 0 aliphatic heterocycles. The first-order valence-corrected chi connectivity index (χ1v) is 8.25. The van der Waals surface area contributed by atoms with Crippen LogP contribution in [0.3, 0.4) is 0 Å². The number of hydrogen-bond donors (Lipinski definition) is 1. The average Bonchev–Trinajstić information content (AvgIpc) is 2.93. The van der Waals surface area contributed by atoms with E-state index in [-0.39, 0.29) is 11.9 Å². The summed E-state index contributed by atoms with van der Waals surface area (Å²) in [6, 6.07) is 9.06. The normalized spacial score (nSPS) is 14.1. The summed E-state index contributed by atoms with van der Waals surface area (Å²) in [6.45, 7) is 4.30. The van der Waals surface area contributed by atoms with Gasteiger partial charge in [0.2, 0.25) is 0 Å². The molecule has 0 saturated carbocycles. The van der Waals surface area contributed by atoms with E-state index < -0.39 is 0 Å². The number of benzene rings is 1. The summed E-state index contributed by atoms with van der Waals surface area (Å²) >= 11 is 1.58. The molecule has 1 heterocycles. The predicted molar refractivity (Wildman–Crippen MR) is 86.0 cm³/mol. The molecule has 2 N–H and O–H groups in total. The van der Waals surface area contributed by atoms with Crippen molar-refractivity contribution in [2.24, 2.45) is 5.73 Å². The summed E-state index contributed by atoms with van der Waals surface area (Å²) in [4.78, 5) is 0.913. The van der Waals surface area contributed by atoms with E-state index in [4.69, 9.17) is 5.73 Å². The summed E-state index contributed by atoms with van der Waals surface area (Å²) < 4.78 is 15.1. The van der Waals surface area contributed by atoms with E-state index in [9.17, 15) is 4.39 Å². The second-order valence-electron chi connectivity index (χ2n) is 5.28. The lowest BCUT2D eigenvalue weighted by Crippen LogP contribution is -2.25. The Morgan fingerprint density at radius 3 is 2.90 bits per heavy atom. The highest BCUT2D eigenvalue weighted by Gasteiger charge is 2.10. The van der Waals surface area contributed by atoms with E-state index in [0.29, 0.717) is 6.04 Å². The molecule has 0 aliphatic carbocycles. The van der Waals surface area contributed by atoms with Crippen molar-refractivity contribution in [2.75, 3.05) is 5.75 Å². The maximum Gasteiger partial charge on any atom is 0.124 e. The van der Waals surface area contributed by atoms with E-state index in [0.717, 1.165) is 29.2 Å². The van der Waals surface area contributed by atoms with Gasteiger partial charge in [-0.05, 0) is 37.6 Å². The highest BCUT2D eigenvalue weighted by molar-refractivity contribution is 7.99. The first kappa shape index (κ1) is 16.0. The van der Waals surface area contributed by atoms with Crippen LogP contribution in [0.4, 0.5) is 4.39 Å². The Morgan fingerprint density at radius 1 is 1.38 bits per heavy atom. The van der Waals surface area contributed by atoms with Crippen LogP contribution < -0.4 is 5.73 Å². The van der Waals surface area contributed by atoms with Gasteiger partial charge in [-0.3, -0.25) is 4.68 Å². The molecule has 114 valence electrons. The van der Waals surface area contributed by atoms with Crippen molar-refractivity contribution in [1.29, 1.82) is 0 Å². The molecule has 0 spiro atoms. The smallest absolute Gasteiger partial charge is 0.124 e. The Balaban J connectivity index is 1.84. The minimum absolute atomic E-state index is 0.0125. The lowest BCUT2D eigenvalue weighted by atomic mass is 10.2. The Bertz CT molecular complexity index is 570.